The summed E-state index contributed by atoms with van der Waals surface area (Å²) in [7, 11) is 0. The maximum absolute atomic E-state index is 12.8. The van der Waals surface area contributed by atoms with Crippen molar-refractivity contribution in [2.45, 2.75) is 38.7 Å². The molecule has 2 aliphatic heterocycles. The largest absolute Gasteiger partial charge is 0.489 e. The van der Waals surface area contributed by atoms with E-state index in [4.69, 9.17) is 9.15 Å². The van der Waals surface area contributed by atoms with E-state index in [1.165, 1.54) is 6.39 Å². The summed E-state index contributed by atoms with van der Waals surface area (Å²) in [5.74, 6) is 1.12. The molecule has 0 N–H and O–H groups in total. The monoisotopic (exact) mass is 383 g/mol. The zero-order valence-corrected chi connectivity index (χ0v) is 16.1. The Balaban J connectivity index is 1.38. The van der Waals surface area contributed by atoms with Gasteiger partial charge < -0.3 is 19.0 Å². The van der Waals surface area contributed by atoms with E-state index in [1.54, 1.807) is 11.8 Å². The Morgan fingerprint density at radius 2 is 1.71 bits per heavy atom. The molecule has 0 aliphatic carbocycles. The van der Waals surface area contributed by atoms with Gasteiger partial charge in [0.05, 0.1) is 5.56 Å². The Kier molecular flexibility index (Phi) is 5.32. The zero-order valence-electron chi connectivity index (χ0n) is 16.1. The molecule has 1 aromatic carbocycles. The molecular weight excluding hydrogens is 358 g/mol. The Hall–Kier alpha value is -2.83. The Morgan fingerprint density at radius 3 is 2.39 bits per heavy atom. The summed E-state index contributed by atoms with van der Waals surface area (Å²) in [6.07, 6.45) is 4.84. The second kappa shape index (κ2) is 8.04. The summed E-state index contributed by atoms with van der Waals surface area (Å²) in [6, 6.07) is 7.46. The standard InChI is InChI=1S/C21H25N3O4/c1-15-19(22-14-27-15)21(26)24-12-8-16(9-13-24)28-18-7-3-2-6-17(18)20(25)23-10-4-5-11-23/h2-3,6-7,14,16H,4-5,8-13H2,1H3. The minimum absolute atomic E-state index is 0.0185. The van der Waals surface area contributed by atoms with E-state index in [0.717, 1.165) is 38.8 Å². The number of carbonyl (C=O) groups excluding carboxylic acids is 2. The van der Waals surface area contributed by atoms with E-state index in [2.05, 4.69) is 4.98 Å². The van der Waals surface area contributed by atoms with Crippen LogP contribution in [0.2, 0.25) is 0 Å². The summed E-state index contributed by atoms with van der Waals surface area (Å²) in [5.41, 5.74) is 1.00. The number of ether oxygens (including phenoxy) is 1. The number of aryl methyl sites for hydroxylation is 1. The molecule has 0 spiro atoms. The van der Waals surface area contributed by atoms with Crippen LogP contribution >= 0.6 is 0 Å². The van der Waals surface area contributed by atoms with Gasteiger partial charge in [0.2, 0.25) is 0 Å². The van der Waals surface area contributed by atoms with E-state index in [0.29, 0.717) is 35.9 Å². The molecule has 28 heavy (non-hydrogen) atoms. The normalized spacial score (nSPS) is 17.8. The summed E-state index contributed by atoms with van der Waals surface area (Å²) in [4.78, 5) is 33.0. The maximum Gasteiger partial charge on any atom is 0.276 e. The number of nitrogens with zero attached hydrogens (tertiary/aromatic N) is 3. The molecule has 3 heterocycles. The van der Waals surface area contributed by atoms with Crippen LogP contribution in [0, 0.1) is 6.92 Å². The first-order chi connectivity index (χ1) is 13.6. The van der Waals surface area contributed by atoms with Crippen molar-refractivity contribution >= 4 is 11.8 Å². The van der Waals surface area contributed by atoms with Crippen molar-refractivity contribution in [3.05, 3.63) is 47.7 Å². The van der Waals surface area contributed by atoms with Crippen LogP contribution in [-0.2, 0) is 0 Å². The number of hydrogen-bond acceptors (Lipinski definition) is 5. The van der Waals surface area contributed by atoms with Gasteiger partial charge in [-0.3, -0.25) is 9.59 Å². The van der Waals surface area contributed by atoms with Gasteiger partial charge >= 0.3 is 0 Å². The van der Waals surface area contributed by atoms with E-state index in [9.17, 15) is 9.59 Å². The molecule has 148 valence electrons. The lowest BCUT2D eigenvalue weighted by Crippen LogP contribution is -2.42. The number of rotatable bonds is 4. The number of piperidine rings is 1. The third-order valence-corrected chi connectivity index (χ3v) is 5.48. The lowest BCUT2D eigenvalue weighted by atomic mass is 10.1. The van der Waals surface area contributed by atoms with Crippen LogP contribution in [0.15, 0.2) is 35.1 Å². The van der Waals surface area contributed by atoms with Crippen LogP contribution < -0.4 is 4.74 Å². The lowest BCUT2D eigenvalue weighted by molar-refractivity contribution is 0.0585. The molecule has 0 saturated carbocycles. The van der Waals surface area contributed by atoms with Crippen molar-refractivity contribution in [1.82, 2.24) is 14.8 Å². The molecule has 0 atom stereocenters. The van der Waals surface area contributed by atoms with Gasteiger partial charge in [0.25, 0.3) is 11.8 Å². The summed E-state index contributed by atoms with van der Waals surface area (Å²) >= 11 is 0. The topological polar surface area (TPSA) is 75.9 Å². The van der Waals surface area contributed by atoms with E-state index < -0.39 is 0 Å². The van der Waals surface area contributed by atoms with E-state index in [-0.39, 0.29) is 17.9 Å². The predicted molar refractivity (Wildman–Crippen MR) is 102 cm³/mol. The minimum Gasteiger partial charge on any atom is -0.489 e. The quantitative estimate of drug-likeness (QED) is 0.811. The Bertz CT molecular complexity index is 849. The van der Waals surface area contributed by atoms with Crippen molar-refractivity contribution in [2.75, 3.05) is 26.2 Å². The summed E-state index contributed by atoms with van der Waals surface area (Å²) in [5, 5.41) is 0. The van der Waals surface area contributed by atoms with Crippen molar-refractivity contribution in [3.63, 3.8) is 0 Å². The highest BCUT2D eigenvalue weighted by atomic mass is 16.5. The van der Waals surface area contributed by atoms with Crippen LogP contribution in [0.1, 0.15) is 52.3 Å². The Labute approximate surface area is 164 Å². The number of oxazole rings is 1. The SMILES string of the molecule is Cc1ocnc1C(=O)N1CCC(Oc2ccccc2C(=O)N2CCCC2)CC1. The van der Waals surface area contributed by atoms with E-state index in [1.807, 2.05) is 29.2 Å². The first-order valence-corrected chi connectivity index (χ1v) is 9.88. The van der Waals surface area contributed by atoms with Gasteiger partial charge in [-0.2, -0.15) is 0 Å². The van der Waals surface area contributed by atoms with Crippen LogP contribution in [0.25, 0.3) is 0 Å². The molecule has 2 aliphatic rings. The molecule has 1 aromatic heterocycles. The third-order valence-electron chi connectivity index (χ3n) is 5.48. The predicted octanol–water partition coefficient (Wildman–Crippen LogP) is 2.90. The van der Waals surface area contributed by atoms with Crippen LogP contribution in [-0.4, -0.2) is 58.9 Å². The fraction of sp³-hybridized carbons (Fsp3) is 0.476. The number of likely N-dealkylation sites (tertiary alicyclic amines) is 2. The molecule has 4 rings (SSSR count). The second-order valence-electron chi connectivity index (χ2n) is 7.36. The maximum atomic E-state index is 12.8. The minimum atomic E-state index is -0.102. The van der Waals surface area contributed by atoms with Gasteiger partial charge in [-0.1, -0.05) is 12.1 Å². The van der Waals surface area contributed by atoms with Gasteiger partial charge in [-0.15, -0.1) is 0 Å². The van der Waals surface area contributed by atoms with Crippen molar-refractivity contribution in [3.8, 4) is 5.75 Å². The number of amides is 2. The molecule has 2 aromatic rings. The fourth-order valence-electron chi connectivity index (χ4n) is 3.85. The molecule has 0 radical (unpaired) electrons. The van der Waals surface area contributed by atoms with Crippen LogP contribution in [0.3, 0.4) is 0 Å². The number of carbonyl (C=O) groups is 2. The van der Waals surface area contributed by atoms with Gasteiger partial charge in [0.1, 0.15) is 17.6 Å². The first-order valence-electron chi connectivity index (χ1n) is 9.88. The average molecular weight is 383 g/mol. The highest BCUT2D eigenvalue weighted by Crippen LogP contribution is 2.26. The lowest BCUT2D eigenvalue weighted by Gasteiger charge is -2.32. The van der Waals surface area contributed by atoms with Gasteiger partial charge in [-0.25, -0.2) is 4.98 Å². The fourth-order valence-corrected chi connectivity index (χ4v) is 3.85. The van der Waals surface area contributed by atoms with Crippen molar-refractivity contribution < 1.29 is 18.7 Å². The van der Waals surface area contributed by atoms with Crippen LogP contribution in [0.5, 0.6) is 5.75 Å². The number of benzene rings is 1. The molecular formula is C21H25N3O4. The summed E-state index contributed by atoms with van der Waals surface area (Å²) < 4.78 is 11.3. The smallest absolute Gasteiger partial charge is 0.276 e. The average Bonchev–Trinajstić information content (AvgIpc) is 3.40. The zero-order chi connectivity index (χ0) is 19.5. The van der Waals surface area contributed by atoms with Crippen molar-refractivity contribution in [1.29, 1.82) is 0 Å². The molecule has 7 nitrogen and oxygen atoms in total. The Morgan fingerprint density at radius 1 is 1.04 bits per heavy atom. The van der Waals surface area contributed by atoms with Gasteiger partial charge in [0, 0.05) is 39.0 Å². The highest BCUT2D eigenvalue weighted by molar-refractivity contribution is 5.97. The summed E-state index contributed by atoms with van der Waals surface area (Å²) in [6.45, 7) is 4.56. The first kappa shape index (κ1) is 18.5. The molecule has 0 unspecified atom stereocenters. The molecule has 0 bridgehead atoms. The van der Waals surface area contributed by atoms with Crippen molar-refractivity contribution in [2.24, 2.45) is 0 Å². The molecule has 2 amide bonds. The number of para-hydroxylation sites is 1. The molecule has 7 heteroatoms. The van der Waals surface area contributed by atoms with Gasteiger partial charge in [-0.05, 0) is 31.9 Å². The van der Waals surface area contributed by atoms with Gasteiger partial charge in [0.15, 0.2) is 12.1 Å². The number of hydrogen-bond donors (Lipinski definition) is 0. The van der Waals surface area contributed by atoms with E-state index >= 15 is 0 Å². The molecule has 2 fully saturated rings. The highest BCUT2D eigenvalue weighted by Gasteiger charge is 2.28. The third kappa shape index (κ3) is 3.74. The second-order valence-corrected chi connectivity index (χ2v) is 7.36. The molecule has 2 saturated heterocycles. The number of aromatic nitrogens is 1. The van der Waals surface area contributed by atoms with Crippen LogP contribution in [0.4, 0.5) is 0 Å².